The van der Waals surface area contributed by atoms with Crippen LogP contribution in [-0.4, -0.2) is 13.4 Å². The molecular weight excluding hydrogens is 291 g/mol. The zero-order valence-corrected chi connectivity index (χ0v) is 12.9. The topological polar surface area (TPSA) is 59.1 Å². The average molecular weight is 308 g/mol. The molecule has 0 aliphatic heterocycles. The van der Waals surface area contributed by atoms with Crippen LogP contribution in [0.5, 0.6) is 0 Å². The zero-order chi connectivity index (χ0) is 15.7. The number of halogens is 1. The lowest BCUT2D eigenvalue weighted by atomic mass is 9.87. The Labute approximate surface area is 124 Å². The van der Waals surface area contributed by atoms with Gasteiger partial charge in [0.15, 0.2) is 5.82 Å². The number of hydrogen-bond donors (Lipinski definition) is 1. The van der Waals surface area contributed by atoms with Gasteiger partial charge in [-0.05, 0) is 35.2 Å². The van der Waals surface area contributed by atoms with Crippen LogP contribution < -0.4 is 4.72 Å². The SMILES string of the molecule is CC(C)(C)c1ccc(NS(=O)(=O)c2ncccc2F)cc1. The van der Waals surface area contributed by atoms with Gasteiger partial charge in [-0.2, -0.15) is 8.42 Å². The lowest BCUT2D eigenvalue weighted by Crippen LogP contribution is -2.16. The number of pyridine rings is 1. The Balaban J connectivity index is 2.28. The summed E-state index contributed by atoms with van der Waals surface area (Å²) in [6.07, 6.45) is 1.24. The van der Waals surface area contributed by atoms with Gasteiger partial charge in [0, 0.05) is 11.9 Å². The summed E-state index contributed by atoms with van der Waals surface area (Å²) in [5, 5.41) is -0.607. The van der Waals surface area contributed by atoms with Crippen LogP contribution in [0.25, 0.3) is 0 Å². The standard InChI is InChI=1S/C15H17FN2O2S/c1-15(2,3)11-6-8-12(9-7-11)18-21(19,20)14-13(16)5-4-10-17-14/h4-10,18H,1-3H3. The van der Waals surface area contributed by atoms with Gasteiger partial charge in [0.2, 0.25) is 5.03 Å². The predicted octanol–water partition coefficient (Wildman–Crippen LogP) is 3.32. The molecule has 6 heteroatoms. The van der Waals surface area contributed by atoms with E-state index in [1.165, 1.54) is 12.3 Å². The van der Waals surface area contributed by atoms with E-state index in [4.69, 9.17) is 0 Å². The molecule has 0 aliphatic carbocycles. The van der Waals surface area contributed by atoms with Crippen LogP contribution in [-0.2, 0) is 15.4 Å². The molecule has 0 aliphatic rings. The van der Waals surface area contributed by atoms with E-state index in [1.54, 1.807) is 12.1 Å². The molecule has 112 valence electrons. The Morgan fingerprint density at radius 1 is 1.10 bits per heavy atom. The fourth-order valence-corrected chi connectivity index (χ4v) is 2.88. The van der Waals surface area contributed by atoms with E-state index in [9.17, 15) is 12.8 Å². The Hall–Kier alpha value is -1.95. The van der Waals surface area contributed by atoms with Crippen molar-refractivity contribution in [3.63, 3.8) is 0 Å². The maximum absolute atomic E-state index is 13.5. The molecule has 1 aromatic heterocycles. The number of aromatic nitrogens is 1. The van der Waals surface area contributed by atoms with Crippen molar-refractivity contribution < 1.29 is 12.8 Å². The molecule has 2 rings (SSSR count). The van der Waals surface area contributed by atoms with Crippen molar-refractivity contribution in [3.05, 3.63) is 54.0 Å². The third-order valence-electron chi connectivity index (χ3n) is 2.98. The summed E-state index contributed by atoms with van der Waals surface area (Å²) >= 11 is 0. The van der Waals surface area contributed by atoms with Crippen molar-refractivity contribution in [3.8, 4) is 0 Å². The molecule has 0 amide bonds. The Kier molecular flexibility index (Phi) is 4.00. The summed E-state index contributed by atoms with van der Waals surface area (Å²) in [5.41, 5.74) is 1.42. The van der Waals surface area contributed by atoms with Crippen LogP contribution in [0.3, 0.4) is 0 Å². The van der Waals surface area contributed by atoms with Gasteiger partial charge in [-0.15, -0.1) is 0 Å². The summed E-state index contributed by atoms with van der Waals surface area (Å²) in [4.78, 5) is 3.58. The highest BCUT2D eigenvalue weighted by molar-refractivity contribution is 7.92. The maximum atomic E-state index is 13.5. The Bertz CT molecular complexity index is 735. The van der Waals surface area contributed by atoms with Gasteiger partial charge in [0.25, 0.3) is 10.0 Å². The second-order valence-corrected chi connectivity index (χ2v) is 7.32. The van der Waals surface area contributed by atoms with E-state index >= 15 is 0 Å². The summed E-state index contributed by atoms with van der Waals surface area (Å²) in [5.74, 6) is -0.878. The lowest BCUT2D eigenvalue weighted by molar-refractivity contribution is 0.557. The van der Waals surface area contributed by atoms with Gasteiger partial charge in [-0.25, -0.2) is 9.37 Å². The van der Waals surface area contributed by atoms with Crippen LogP contribution in [0.1, 0.15) is 26.3 Å². The van der Waals surface area contributed by atoms with E-state index in [-0.39, 0.29) is 5.41 Å². The molecule has 0 saturated heterocycles. The minimum atomic E-state index is -4.03. The third-order valence-corrected chi connectivity index (χ3v) is 4.30. The molecule has 2 aromatic rings. The smallest absolute Gasteiger partial charge is 0.278 e. The van der Waals surface area contributed by atoms with Gasteiger partial charge in [-0.3, -0.25) is 4.72 Å². The number of sulfonamides is 1. The molecule has 21 heavy (non-hydrogen) atoms. The maximum Gasteiger partial charge on any atom is 0.282 e. The number of hydrogen-bond acceptors (Lipinski definition) is 3. The highest BCUT2D eigenvalue weighted by Crippen LogP contribution is 2.24. The van der Waals surface area contributed by atoms with Crippen LogP contribution in [0.2, 0.25) is 0 Å². The molecule has 1 N–H and O–H groups in total. The minimum absolute atomic E-state index is 0.0233. The normalized spacial score (nSPS) is 12.2. The second kappa shape index (κ2) is 5.44. The van der Waals surface area contributed by atoms with Crippen molar-refractivity contribution in [1.29, 1.82) is 0 Å². The number of benzene rings is 1. The first-order valence-electron chi connectivity index (χ1n) is 6.44. The van der Waals surface area contributed by atoms with Gasteiger partial charge in [-0.1, -0.05) is 32.9 Å². The summed E-state index contributed by atoms with van der Waals surface area (Å²) < 4.78 is 40.0. The van der Waals surface area contributed by atoms with Crippen LogP contribution in [0.4, 0.5) is 10.1 Å². The molecule has 4 nitrogen and oxygen atoms in total. The third kappa shape index (κ3) is 3.58. The molecule has 0 spiro atoms. The molecule has 0 saturated carbocycles. The largest absolute Gasteiger partial charge is 0.282 e. The van der Waals surface area contributed by atoms with Crippen LogP contribution in [0, 0.1) is 5.82 Å². The van der Waals surface area contributed by atoms with Crippen molar-refractivity contribution in [2.75, 3.05) is 4.72 Å². The molecular formula is C15H17FN2O2S. The van der Waals surface area contributed by atoms with E-state index in [0.717, 1.165) is 11.6 Å². The quantitative estimate of drug-likeness (QED) is 0.946. The number of anilines is 1. The molecule has 0 bridgehead atoms. The van der Waals surface area contributed by atoms with E-state index in [2.05, 4.69) is 30.5 Å². The molecule has 1 heterocycles. The van der Waals surface area contributed by atoms with Crippen LogP contribution in [0.15, 0.2) is 47.6 Å². The second-order valence-electron chi connectivity index (χ2n) is 5.72. The Morgan fingerprint density at radius 3 is 2.24 bits per heavy atom. The first kappa shape index (κ1) is 15.4. The van der Waals surface area contributed by atoms with Gasteiger partial charge < -0.3 is 0 Å². The Morgan fingerprint density at radius 2 is 1.71 bits per heavy atom. The van der Waals surface area contributed by atoms with Crippen LogP contribution >= 0.6 is 0 Å². The highest BCUT2D eigenvalue weighted by Gasteiger charge is 2.21. The monoisotopic (exact) mass is 308 g/mol. The number of rotatable bonds is 3. The van der Waals surface area contributed by atoms with Gasteiger partial charge >= 0.3 is 0 Å². The summed E-state index contributed by atoms with van der Waals surface area (Å²) in [6.45, 7) is 6.19. The van der Waals surface area contributed by atoms with E-state index in [1.807, 2.05) is 12.1 Å². The zero-order valence-electron chi connectivity index (χ0n) is 12.1. The van der Waals surface area contributed by atoms with Crippen molar-refractivity contribution in [2.45, 2.75) is 31.2 Å². The van der Waals surface area contributed by atoms with Gasteiger partial charge in [0.1, 0.15) is 0 Å². The highest BCUT2D eigenvalue weighted by atomic mass is 32.2. The summed E-state index contributed by atoms with van der Waals surface area (Å²) in [7, 11) is -4.03. The summed E-state index contributed by atoms with van der Waals surface area (Å²) in [6, 6.07) is 9.38. The van der Waals surface area contributed by atoms with Gasteiger partial charge in [0.05, 0.1) is 0 Å². The minimum Gasteiger partial charge on any atom is -0.278 e. The fourth-order valence-electron chi connectivity index (χ4n) is 1.81. The average Bonchev–Trinajstić information content (AvgIpc) is 2.38. The molecule has 0 atom stereocenters. The van der Waals surface area contributed by atoms with E-state index < -0.39 is 20.9 Å². The van der Waals surface area contributed by atoms with Crippen molar-refractivity contribution in [2.24, 2.45) is 0 Å². The number of nitrogens with zero attached hydrogens (tertiary/aromatic N) is 1. The first-order valence-corrected chi connectivity index (χ1v) is 7.92. The molecule has 0 fully saturated rings. The number of nitrogens with one attached hydrogen (secondary N) is 1. The predicted molar refractivity (Wildman–Crippen MR) is 80.1 cm³/mol. The van der Waals surface area contributed by atoms with Crippen molar-refractivity contribution >= 4 is 15.7 Å². The molecule has 1 aromatic carbocycles. The van der Waals surface area contributed by atoms with E-state index in [0.29, 0.717) is 5.69 Å². The molecule has 0 unspecified atom stereocenters. The fraction of sp³-hybridized carbons (Fsp3) is 0.267. The van der Waals surface area contributed by atoms with Crippen molar-refractivity contribution in [1.82, 2.24) is 4.98 Å². The molecule has 0 radical (unpaired) electrons. The lowest BCUT2D eigenvalue weighted by Gasteiger charge is -2.19. The first-order chi connectivity index (χ1) is 9.70.